The van der Waals surface area contributed by atoms with Crippen LogP contribution in [0.4, 0.5) is 0 Å². The number of ether oxygens (including phenoxy) is 2. The summed E-state index contributed by atoms with van der Waals surface area (Å²) in [6.07, 6.45) is 1.24. The van der Waals surface area contributed by atoms with Gasteiger partial charge in [0.2, 0.25) is 0 Å². The van der Waals surface area contributed by atoms with Gasteiger partial charge in [0.25, 0.3) is 0 Å². The number of fused-ring (bicyclic) bond motifs is 1. The zero-order valence-corrected chi connectivity index (χ0v) is 17.1. The number of hydrogen-bond acceptors (Lipinski definition) is 5. The molecule has 5 nitrogen and oxygen atoms in total. The van der Waals surface area contributed by atoms with Crippen molar-refractivity contribution in [2.75, 3.05) is 0 Å². The highest BCUT2D eigenvalue weighted by molar-refractivity contribution is 9.26. The number of benzene rings is 1. The molecule has 0 aliphatic heterocycles. The van der Waals surface area contributed by atoms with E-state index in [1.807, 2.05) is 0 Å². The zero-order valence-electron chi connectivity index (χ0n) is 12.3. The second-order valence-electron chi connectivity index (χ2n) is 5.11. The lowest BCUT2D eigenvalue weighted by atomic mass is 10.0. The summed E-state index contributed by atoms with van der Waals surface area (Å²) in [5.41, 5.74) is 1.08. The molecule has 0 saturated heterocycles. The molecule has 0 aromatic heterocycles. The fourth-order valence-corrected chi connectivity index (χ4v) is 3.77. The summed E-state index contributed by atoms with van der Waals surface area (Å²) in [6.45, 7) is 2.49. The molecule has 1 aromatic carbocycles. The maximum atomic E-state index is 12.7. The van der Waals surface area contributed by atoms with Crippen molar-refractivity contribution in [2.24, 2.45) is 0 Å². The van der Waals surface area contributed by atoms with Gasteiger partial charge in [-0.2, -0.15) is 0 Å². The molecule has 1 aliphatic carbocycles. The fourth-order valence-electron chi connectivity index (χ4n) is 2.27. The first kappa shape index (κ1) is 18.6. The number of rotatable bonds is 2. The SMILES string of the molecule is CC(=O)Oc1cc2c(cc1OC(C)=O)C(Br)CCC(Br)(Br)C2=O. The maximum Gasteiger partial charge on any atom is 0.308 e. The molecule has 1 unspecified atom stereocenters. The third kappa shape index (κ3) is 4.22. The summed E-state index contributed by atoms with van der Waals surface area (Å²) >= 11 is 10.3. The molecule has 0 bridgehead atoms. The van der Waals surface area contributed by atoms with Gasteiger partial charge in [0, 0.05) is 24.2 Å². The van der Waals surface area contributed by atoms with Crippen molar-refractivity contribution in [1.82, 2.24) is 0 Å². The minimum absolute atomic E-state index is 0.0391. The van der Waals surface area contributed by atoms with E-state index in [0.29, 0.717) is 24.0 Å². The van der Waals surface area contributed by atoms with E-state index in [1.165, 1.54) is 19.9 Å². The monoisotopic (exact) mass is 510 g/mol. The number of alkyl halides is 3. The van der Waals surface area contributed by atoms with E-state index >= 15 is 0 Å². The number of carbonyl (C=O) groups excluding carboxylic acids is 3. The van der Waals surface area contributed by atoms with Crippen LogP contribution < -0.4 is 9.47 Å². The number of halogens is 3. The van der Waals surface area contributed by atoms with Gasteiger partial charge in [-0.15, -0.1) is 0 Å². The molecule has 1 aliphatic rings. The number of esters is 2. The smallest absolute Gasteiger partial charge is 0.308 e. The molecular weight excluding hydrogens is 500 g/mol. The number of hydrogen-bond donors (Lipinski definition) is 0. The normalized spacial score (nSPS) is 19.5. The number of carbonyl (C=O) groups is 3. The highest BCUT2D eigenvalue weighted by Crippen LogP contribution is 2.47. The first-order chi connectivity index (χ1) is 10.6. The Bertz CT molecular complexity index is 684. The van der Waals surface area contributed by atoms with Crippen LogP contribution in [0.15, 0.2) is 12.1 Å². The van der Waals surface area contributed by atoms with Gasteiger partial charge in [-0.1, -0.05) is 47.8 Å². The Morgan fingerprint density at radius 2 is 1.65 bits per heavy atom. The van der Waals surface area contributed by atoms with E-state index in [1.54, 1.807) is 6.07 Å². The Labute approximate surface area is 158 Å². The van der Waals surface area contributed by atoms with Crippen LogP contribution in [-0.2, 0) is 9.59 Å². The Morgan fingerprint density at radius 1 is 1.13 bits per heavy atom. The van der Waals surface area contributed by atoms with Crippen molar-refractivity contribution in [2.45, 2.75) is 34.7 Å². The Hall–Kier alpha value is -0.730. The van der Waals surface area contributed by atoms with Gasteiger partial charge in [-0.3, -0.25) is 14.4 Å². The van der Waals surface area contributed by atoms with Crippen molar-refractivity contribution < 1.29 is 23.9 Å². The molecule has 23 heavy (non-hydrogen) atoms. The van der Waals surface area contributed by atoms with Crippen LogP contribution in [0.25, 0.3) is 0 Å². The van der Waals surface area contributed by atoms with Gasteiger partial charge in [0.15, 0.2) is 17.3 Å². The predicted octanol–water partition coefficient (Wildman–Crippen LogP) is 4.44. The fraction of sp³-hybridized carbons (Fsp3) is 0.400. The van der Waals surface area contributed by atoms with Gasteiger partial charge >= 0.3 is 11.9 Å². The standard InChI is InChI=1S/C15H13Br3O5/c1-7(19)22-12-5-9-10(6-13(12)23-8(2)20)14(21)15(17,18)4-3-11(9)16/h5-6,11H,3-4H2,1-2H3. The van der Waals surface area contributed by atoms with Crippen molar-refractivity contribution in [3.8, 4) is 11.5 Å². The second kappa shape index (κ2) is 7.03. The van der Waals surface area contributed by atoms with Crippen LogP contribution in [0.2, 0.25) is 0 Å². The number of Topliss-reactive ketones (excluding diaryl/α,β-unsaturated/α-hetero) is 1. The molecule has 124 valence electrons. The number of ketones is 1. The van der Waals surface area contributed by atoms with Crippen LogP contribution >= 0.6 is 47.8 Å². The Morgan fingerprint density at radius 3 is 2.17 bits per heavy atom. The van der Waals surface area contributed by atoms with Gasteiger partial charge in [0.05, 0.1) is 0 Å². The van der Waals surface area contributed by atoms with Crippen LogP contribution in [0.5, 0.6) is 11.5 Å². The van der Waals surface area contributed by atoms with E-state index in [9.17, 15) is 14.4 Å². The average molecular weight is 513 g/mol. The van der Waals surface area contributed by atoms with E-state index < -0.39 is 15.2 Å². The predicted molar refractivity (Wildman–Crippen MR) is 94.9 cm³/mol. The summed E-state index contributed by atoms with van der Waals surface area (Å²) in [5.74, 6) is -1.15. The minimum Gasteiger partial charge on any atom is -0.423 e. The summed E-state index contributed by atoms with van der Waals surface area (Å²) in [5, 5.41) is 0. The topological polar surface area (TPSA) is 69.7 Å². The van der Waals surface area contributed by atoms with Crippen molar-refractivity contribution >= 4 is 65.5 Å². The Balaban J connectivity index is 2.64. The van der Waals surface area contributed by atoms with Gasteiger partial charge < -0.3 is 9.47 Å². The first-order valence-electron chi connectivity index (χ1n) is 6.73. The van der Waals surface area contributed by atoms with Crippen molar-refractivity contribution in [3.05, 3.63) is 23.3 Å². The summed E-state index contributed by atoms with van der Waals surface area (Å²) in [7, 11) is 0. The highest BCUT2D eigenvalue weighted by Gasteiger charge is 2.39. The van der Waals surface area contributed by atoms with Gasteiger partial charge in [0.1, 0.15) is 3.23 Å². The molecular formula is C15H13Br3O5. The lowest BCUT2D eigenvalue weighted by Gasteiger charge is -2.17. The molecule has 8 heteroatoms. The van der Waals surface area contributed by atoms with Crippen LogP contribution in [-0.4, -0.2) is 21.0 Å². The first-order valence-corrected chi connectivity index (χ1v) is 9.23. The van der Waals surface area contributed by atoms with Crippen LogP contribution in [0.3, 0.4) is 0 Å². The van der Waals surface area contributed by atoms with E-state index in [-0.39, 0.29) is 22.1 Å². The third-order valence-electron chi connectivity index (χ3n) is 3.25. The molecule has 2 rings (SSSR count). The van der Waals surface area contributed by atoms with Crippen LogP contribution in [0, 0.1) is 0 Å². The highest BCUT2D eigenvalue weighted by atomic mass is 79.9. The summed E-state index contributed by atoms with van der Waals surface area (Å²) in [6, 6.07) is 3.00. The zero-order chi connectivity index (χ0) is 17.4. The second-order valence-corrected chi connectivity index (χ2v) is 9.99. The maximum absolute atomic E-state index is 12.7. The minimum atomic E-state index is -0.881. The van der Waals surface area contributed by atoms with E-state index in [2.05, 4.69) is 47.8 Å². The summed E-state index contributed by atoms with van der Waals surface area (Å²) in [4.78, 5) is 35.2. The molecule has 1 aromatic rings. The van der Waals surface area contributed by atoms with Crippen LogP contribution in [0.1, 0.15) is 47.4 Å². The molecule has 0 amide bonds. The van der Waals surface area contributed by atoms with E-state index in [4.69, 9.17) is 9.47 Å². The molecule has 0 N–H and O–H groups in total. The Kier molecular flexibility index (Phi) is 5.68. The molecule has 0 saturated carbocycles. The molecule has 0 spiro atoms. The summed E-state index contributed by atoms with van der Waals surface area (Å²) < 4.78 is 9.33. The molecule has 0 radical (unpaired) electrons. The van der Waals surface area contributed by atoms with Gasteiger partial charge in [-0.25, -0.2) is 0 Å². The quantitative estimate of drug-likeness (QED) is 0.254. The molecule has 0 heterocycles. The lowest BCUT2D eigenvalue weighted by molar-refractivity contribution is -0.134. The van der Waals surface area contributed by atoms with Gasteiger partial charge in [-0.05, 0) is 30.5 Å². The van der Waals surface area contributed by atoms with Crippen molar-refractivity contribution in [1.29, 1.82) is 0 Å². The van der Waals surface area contributed by atoms with E-state index in [0.717, 1.165) is 0 Å². The lowest BCUT2D eigenvalue weighted by Crippen LogP contribution is -2.24. The largest absolute Gasteiger partial charge is 0.423 e. The molecule has 1 atom stereocenters. The van der Waals surface area contributed by atoms with Crippen molar-refractivity contribution in [3.63, 3.8) is 0 Å². The molecule has 0 fully saturated rings. The average Bonchev–Trinajstić information content (AvgIpc) is 2.50. The third-order valence-corrected chi connectivity index (χ3v) is 5.71.